The van der Waals surface area contributed by atoms with E-state index in [1.165, 1.54) is 11.3 Å². The molecule has 2 heterocycles. The maximum Gasteiger partial charge on any atom is 0.244 e. The summed E-state index contributed by atoms with van der Waals surface area (Å²) < 4.78 is 33.5. The third-order valence-electron chi connectivity index (χ3n) is 5.09. The van der Waals surface area contributed by atoms with Gasteiger partial charge in [0, 0.05) is 23.4 Å². The second kappa shape index (κ2) is 5.56. The fourth-order valence-corrected chi connectivity index (χ4v) is 7.13. The Kier molecular flexibility index (Phi) is 4.14. The largest absolute Gasteiger partial charge is 0.393 e. The Hall–Kier alpha value is -0.470. The van der Waals surface area contributed by atoms with Gasteiger partial charge in [0.05, 0.1) is 22.6 Å². The van der Waals surface area contributed by atoms with Gasteiger partial charge in [-0.1, -0.05) is 0 Å². The van der Waals surface area contributed by atoms with E-state index >= 15 is 0 Å². The zero-order valence-corrected chi connectivity index (χ0v) is 14.8. The Labute approximate surface area is 136 Å². The summed E-state index contributed by atoms with van der Waals surface area (Å²) in [5.74, 6) is 0. The molecule has 3 rings (SSSR count). The number of rotatable bonds is 3. The molecule has 2 aliphatic rings. The highest BCUT2D eigenvalue weighted by atomic mass is 32.2. The van der Waals surface area contributed by atoms with Crippen LogP contribution in [0.4, 0.5) is 0 Å². The lowest BCUT2D eigenvalue weighted by Crippen LogP contribution is -2.52. The first kappa shape index (κ1) is 16.4. The maximum atomic E-state index is 13.1. The third-order valence-corrected chi connectivity index (χ3v) is 8.22. The minimum Gasteiger partial charge on any atom is -0.393 e. The van der Waals surface area contributed by atoms with Crippen molar-refractivity contribution in [1.29, 1.82) is 0 Å². The number of nitrogens with zero attached hydrogens (tertiary/aromatic N) is 1. The lowest BCUT2D eigenvalue weighted by molar-refractivity contribution is -0.0775. The van der Waals surface area contributed by atoms with Crippen molar-refractivity contribution < 1.29 is 18.3 Å². The zero-order valence-electron chi connectivity index (χ0n) is 13.2. The lowest BCUT2D eigenvalue weighted by atomic mass is 9.79. The van der Waals surface area contributed by atoms with Gasteiger partial charge in [-0.2, -0.15) is 4.31 Å². The summed E-state index contributed by atoms with van der Waals surface area (Å²) in [6.07, 6.45) is 2.09. The average molecular weight is 345 g/mol. The van der Waals surface area contributed by atoms with E-state index in [1.54, 1.807) is 17.5 Å². The minimum atomic E-state index is -3.54. The molecule has 124 valence electrons. The second-order valence-corrected chi connectivity index (χ2v) is 9.68. The van der Waals surface area contributed by atoms with Crippen LogP contribution >= 0.6 is 11.3 Å². The molecule has 1 saturated carbocycles. The maximum absolute atomic E-state index is 13.1. The van der Waals surface area contributed by atoms with Crippen molar-refractivity contribution in [3.05, 3.63) is 15.8 Å². The Morgan fingerprint density at radius 2 is 2.14 bits per heavy atom. The van der Waals surface area contributed by atoms with Crippen molar-refractivity contribution in [3.63, 3.8) is 0 Å². The van der Waals surface area contributed by atoms with Gasteiger partial charge in [0.1, 0.15) is 0 Å². The Bertz CT molecular complexity index is 669. The molecule has 0 amide bonds. The van der Waals surface area contributed by atoms with Gasteiger partial charge in [0.2, 0.25) is 10.0 Å². The monoisotopic (exact) mass is 345 g/mol. The molecule has 1 N–H and O–H groups in total. The van der Waals surface area contributed by atoms with Crippen LogP contribution in [0, 0.1) is 13.8 Å². The van der Waals surface area contributed by atoms with Crippen LogP contribution in [0.15, 0.2) is 11.0 Å². The molecule has 1 aliphatic carbocycles. The summed E-state index contributed by atoms with van der Waals surface area (Å²) in [5.41, 5.74) is -0.439. The molecular formula is C15H23NO4S2. The average Bonchev–Trinajstić information content (AvgIpc) is 3.00. The predicted molar refractivity (Wildman–Crippen MR) is 85.7 cm³/mol. The van der Waals surface area contributed by atoms with E-state index in [4.69, 9.17) is 4.74 Å². The highest BCUT2D eigenvalue weighted by molar-refractivity contribution is 7.89. The van der Waals surface area contributed by atoms with Gasteiger partial charge in [-0.05, 0) is 45.6 Å². The number of methoxy groups -OCH3 is 1. The van der Waals surface area contributed by atoms with E-state index < -0.39 is 21.7 Å². The molecule has 0 radical (unpaired) electrons. The van der Waals surface area contributed by atoms with Gasteiger partial charge >= 0.3 is 0 Å². The topological polar surface area (TPSA) is 66.8 Å². The van der Waals surface area contributed by atoms with Crippen LogP contribution in [0.3, 0.4) is 0 Å². The summed E-state index contributed by atoms with van der Waals surface area (Å²) in [5, 5.41) is 10.0. The number of hydrogen-bond acceptors (Lipinski definition) is 5. The molecule has 0 aromatic carbocycles. The summed E-state index contributed by atoms with van der Waals surface area (Å²) in [6, 6.07) is 1.48. The SMILES string of the molecule is CO[C@@]12CC[C@H](O)C[C@@H]1N(S(=O)(=O)c1cc(C)sc1C)CC2. The van der Waals surface area contributed by atoms with Crippen molar-refractivity contribution >= 4 is 21.4 Å². The molecule has 3 atom stereocenters. The Morgan fingerprint density at radius 1 is 1.41 bits per heavy atom. The number of aliphatic hydroxyl groups is 1. The van der Waals surface area contributed by atoms with E-state index in [1.807, 2.05) is 13.8 Å². The standard InChI is InChI=1S/C15H23NO4S2/c1-10-8-13(11(2)21-10)22(18,19)16-7-6-15(20-3)5-4-12(17)9-14(15)16/h8,12,14,17H,4-7,9H2,1-3H3/t12-,14-,15+/m0/s1. The number of sulfonamides is 1. The van der Waals surface area contributed by atoms with Crippen LogP contribution in [0.25, 0.3) is 0 Å². The summed E-state index contributed by atoms with van der Waals surface area (Å²) in [6.45, 7) is 4.23. The first-order valence-corrected chi connectivity index (χ1v) is 9.88. The molecule has 1 aromatic heterocycles. The van der Waals surface area contributed by atoms with Gasteiger partial charge in [-0.25, -0.2) is 8.42 Å². The zero-order chi connectivity index (χ0) is 16.1. The normalized spacial score (nSPS) is 33.1. The Balaban J connectivity index is 1.99. The molecular weight excluding hydrogens is 322 g/mol. The van der Waals surface area contributed by atoms with Crippen molar-refractivity contribution in [2.75, 3.05) is 13.7 Å². The summed E-state index contributed by atoms with van der Waals surface area (Å²) in [4.78, 5) is 2.22. The van der Waals surface area contributed by atoms with Gasteiger partial charge in [0.15, 0.2) is 0 Å². The van der Waals surface area contributed by atoms with Crippen molar-refractivity contribution in [2.24, 2.45) is 0 Å². The predicted octanol–water partition coefficient (Wildman–Crippen LogP) is 2.06. The van der Waals surface area contributed by atoms with Gasteiger partial charge in [-0.15, -0.1) is 11.3 Å². The summed E-state index contributed by atoms with van der Waals surface area (Å²) >= 11 is 1.50. The van der Waals surface area contributed by atoms with Gasteiger partial charge in [0.25, 0.3) is 0 Å². The molecule has 7 heteroatoms. The van der Waals surface area contributed by atoms with E-state index in [0.29, 0.717) is 37.1 Å². The highest BCUT2D eigenvalue weighted by Crippen LogP contribution is 2.45. The van der Waals surface area contributed by atoms with E-state index in [-0.39, 0.29) is 6.04 Å². The number of aryl methyl sites for hydroxylation is 2. The number of fused-ring (bicyclic) bond motifs is 1. The molecule has 22 heavy (non-hydrogen) atoms. The van der Waals surface area contributed by atoms with Gasteiger partial charge < -0.3 is 9.84 Å². The fourth-order valence-electron chi connectivity index (χ4n) is 3.91. The third kappa shape index (κ3) is 2.43. The van der Waals surface area contributed by atoms with Crippen LogP contribution in [0.5, 0.6) is 0 Å². The van der Waals surface area contributed by atoms with Crippen LogP contribution < -0.4 is 0 Å². The Morgan fingerprint density at radius 3 is 2.73 bits per heavy atom. The molecule has 0 bridgehead atoms. The van der Waals surface area contributed by atoms with Crippen molar-refractivity contribution in [3.8, 4) is 0 Å². The quantitative estimate of drug-likeness (QED) is 0.910. The molecule has 0 unspecified atom stereocenters. The fraction of sp³-hybridized carbons (Fsp3) is 0.733. The molecule has 0 spiro atoms. The van der Waals surface area contributed by atoms with Crippen LogP contribution in [-0.2, 0) is 14.8 Å². The minimum absolute atomic E-state index is 0.272. The molecule has 2 fully saturated rings. The lowest BCUT2D eigenvalue weighted by Gasteiger charge is -2.42. The van der Waals surface area contributed by atoms with Gasteiger partial charge in [-0.3, -0.25) is 0 Å². The van der Waals surface area contributed by atoms with E-state index in [0.717, 1.165) is 9.75 Å². The molecule has 1 aromatic rings. The van der Waals surface area contributed by atoms with Crippen LogP contribution in [-0.4, -0.2) is 49.2 Å². The molecule has 5 nitrogen and oxygen atoms in total. The number of aliphatic hydroxyl groups excluding tert-OH is 1. The van der Waals surface area contributed by atoms with E-state index in [9.17, 15) is 13.5 Å². The first-order chi connectivity index (χ1) is 10.3. The van der Waals surface area contributed by atoms with Crippen molar-refractivity contribution in [1.82, 2.24) is 4.31 Å². The molecule has 1 aliphatic heterocycles. The molecule has 1 saturated heterocycles. The first-order valence-electron chi connectivity index (χ1n) is 7.62. The number of thiophene rings is 1. The highest BCUT2D eigenvalue weighted by Gasteiger charge is 2.54. The van der Waals surface area contributed by atoms with E-state index in [2.05, 4.69) is 0 Å². The number of ether oxygens (including phenoxy) is 1. The van der Waals surface area contributed by atoms with Crippen LogP contribution in [0.1, 0.15) is 35.4 Å². The van der Waals surface area contributed by atoms with Crippen LogP contribution in [0.2, 0.25) is 0 Å². The number of hydrogen-bond donors (Lipinski definition) is 1. The summed E-state index contributed by atoms with van der Waals surface area (Å²) in [7, 11) is -1.88. The smallest absolute Gasteiger partial charge is 0.244 e. The second-order valence-electron chi connectivity index (χ2n) is 6.36. The van der Waals surface area contributed by atoms with Crippen molar-refractivity contribution in [2.45, 2.75) is 62.2 Å².